The third-order valence-electron chi connectivity index (χ3n) is 5.30. The van der Waals surface area contributed by atoms with Crippen LogP contribution in [0, 0.1) is 0 Å². The first-order valence-corrected chi connectivity index (χ1v) is 10.6. The molecule has 0 aliphatic heterocycles. The molecule has 0 unspecified atom stereocenters. The van der Waals surface area contributed by atoms with Gasteiger partial charge in [0.2, 0.25) is 5.91 Å². The predicted molar refractivity (Wildman–Crippen MR) is 115 cm³/mol. The summed E-state index contributed by atoms with van der Waals surface area (Å²) in [5.41, 5.74) is 10.0. The lowest BCUT2D eigenvalue weighted by Gasteiger charge is -2.10. The minimum atomic E-state index is -0.363. The molecule has 3 N–H and O–H groups in total. The molecule has 0 atom stereocenters. The first kappa shape index (κ1) is 17.9. The van der Waals surface area contributed by atoms with Crippen LogP contribution in [0.2, 0.25) is 0 Å². The Morgan fingerprint density at radius 1 is 1.28 bits per heavy atom. The van der Waals surface area contributed by atoms with Crippen molar-refractivity contribution in [3.63, 3.8) is 0 Å². The maximum atomic E-state index is 11.8. The van der Waals surface area contributed by atoms with Crippen molar-refractivity contribution in [3.8, 4) is 11.3 Å². The Morgan fingerprint density at radius 3 is 2.93 bits per heavy atom. The summed E-state index contributed by atoms with van der Waals surface area (Å²) in [5, 5.41) is 5.50. The largest absolute Gasteiger partial charge is 0.367 e. The number of carbonyl (C=O) groups is 1. The molecular weight excluding hydrogens is 382 g/mol. The maximum Gasteiger partial charge on any atom is 0.248 e. The van der Waals surface area contributed by atoms with Crippen molar-refractivity contribution < 1.29 is 4.79 Å². The predicted octanol–water partition coefficient (Wildman–Crippen LogP) is 4.09. The summed E-state index contributed by atoms with van der Waals surface area (Å²) in [6.07, 6.45) is 8.73. The molecule has 4 aromatic rings. The van der Waals surface area contributed by atoms with E-state index in [9.17, 15) is 4.79 Å². The number of fused-ring (bicyclic) bond motifs is 1. The average molecular weight is 404 g/mol. The number of rotatable bonds is 7. The van der Waals surface area contributed by atoms with Crippen molar-refractivity contribution in [1.29, 1.82) is 0 Å². The van der Waals surface area contributed by atoms with Gasteiger partial charge in [0, 0.05) is 34.9 Å². The summed E-state index contributed by atoms with van der Waals surface area (Å²) >= 11 is 1.76. The first-order valence-electron chi connectivity index (χ1n) is 9.73. The molecule has 1 aromatic carbocycles. The van der Waals surface area contributed by atoms with E-state index in [-0.39, 0.29) is 5.91 Å². The number of imidazole rings is 1. The van der Waals surface area contributed by atoms with E-state index in [0.717, 1.165) is 54.1 Å². The van der Waals surface area contributed by atoms with E-state index in [2.05, 4.69) is 38.9 Å². The van der Waals surface area contributed by atoms with Crippen LogP contribution in [0.15, 0.2) is 54.3 Å². The molecule has 7 heteroatoms. The second kappa shape index (κ2) is 7.33. The lowest BCUT2D eigenvalue weighted by atomic mass is 9.98. The fraction of sp³-hybridized carbons (Fsp3) is 0.227. The van der Waals surface area contributed by atoms with Gasteiger partial charge in [0.05, 0.1) is 11.9 Å². The van der Waals surface area contributed by atoms with Gasteiger partial charge in [-0.2, -0.15) is 0 Å². The van der Waals surface area contributed by atoms with Gasteiger partial charge in [-0.15, -0.1) is 11.3 Å². The van der Waals surface area contributed by atoms with Crippen molar-refractivity contribution >= 4 is 28.7 Å². The van der Waals surface area contributed by atoms with Crippen molar-refractivity contribution in [1.82, 2.24) is 14.4 Å². The number of nitrogens with one attached hydrogen (secondary N) is 1. The Bertz CT molecular complexity index is 1180. The summed E-state index contributed by atoms with van der Waals surface area (Å²) in [7, 11) is 0. The van der Waals surface area contributed by atoms with E-state index in [0.29, 0.717) is 11.5 Å². The Kier molecular flexibility index (Phi) is 4.52. The van der Waals surface area contributed by atoms with Gasteiger partial charge < -0.3 is 11.1 Å². The zero-order chi connectivity index (χ0) is 19.8. The van der Waals surface area contributed by atoms with Crippen LogP contribution in [-0.4, -0.2) is 26.8 Å². The van der Waals surface area contributed by atoms with Crippen LogP contribution in [0.25, 0.3) is 16.9 Å². The summed E-state index contributed by atoms with van der Waals surface area (Å²) in [6.45, 7) is 0.800. The van der Waals surface area contributed by atoms with Gasteiger partial charge in [0.1, 0.15) is 0 Å². The van der Waals surface area contributed by atoms with Crippen LogP contribution in [-0.2, 0) is 6.42 Å². The van der Waals surface area contributed by atoms with Crippen LogP contribution in [0.3, 0.4) is 0 Å². The van der Waals surface area contributed by atoms with Gasteiger partial charge in [-0.25, -0.2) is 9.97 Å². The molecule has 0 bridgehead atoms. The zero-order valence-electron chi connectivity index (χ0n) is 15.8. The molecule has 1 amide bonds. The number of nitrogens with two attached hydrogens (primary N) is 1. The summed E-state index contributed by atoms with van der Waals surface area (Å²) in [5.74, 6) is 0.845. The van der Waals surface area contributed by atoms with Gasteiger partial charge in [0.25, 0.3) is 0 Å². The van der Waals surface area contributed by atoms with Crippen LogP contribution in [0.4, 0.5) is 5.82 Å². The summed E-state index contributed by atoms with van der Waals surface area (Å²) < 4.78 is 2.04. The Labute approximate surface area is 172 Å². The third kappa shape index (κ3) is 3.49. The van der Waals surface area contributed by atoms with Crippen LogP contribution < -0.4 is 11.1 Å². The van der Waals surface area contributed by atoms with Crippen molar-refractivity contribution in [2.24, 2.45) is 5.73 Å². The normalized spacial score (nSPS) is 13.7. The highest BCUT2D eigenvalue weighted by molar-refractivity contribution is 7.09. The van der Waals surface area contributed by atoms with Gasteiger partial charge in [-0.05, 0) is 54.3 Å². The smallest absolute Gasteiger partial charge is 0.248 e. The van der Waals surface area contributed by atoms with E-state index < -0.39 is 0 Å². The quantitative estimate of drug-likeness (QED) is 0.487. The average Bonchev–Trinajstić information content (AvgIpc) is 3.27. The van der Waals surface area contributed by atoms with Crippen molar-refractivity contribution in [2.45, 2.75) is 25.2 Å². The van der Waals surface area contributed by atoms with E-state index in [1.54, 1.807) is 17.5 Å². The molecule has 0 saturated heterocycles. The molecular formula is C22H21N5OS. The first-order chi connectivity index (χ1) is 14.2. The molecule has 3 aromatic heterocycles. The summed E-state index contributed by atoms with van der Waals surface area (Å²) in [4.78, 5) is 22.2. The minimum Gasteiger partial charge on any atom is -0.367 e. The van der Waals surface area contributed by atoms with Crippen molar-refractivity contribution in [3.05, 3.63) is 70.3 Å². The molecule has 29 heavy (non-hydrogen) atoms. The standard InChI is InChI=1S/C22H21N5OS/c23-20(28)17-6-5-15(12-18(17)14-3-4-14)19-13-26-22-21(25-9-10-27(19)22)24-8-7-16-2-1-11-29-16/h1-2,5-6,9-14H,3-4,7-8H2,(H2,23,28)(H,24,25). The Balaban J connectivity index is 1.45. The summed E-state index contributed by atoms with van der Waals surface area (Å²) in [6, 6.07) is 10.1. The van der Waals surface area contributed by atoms with Crippen LogP contribution in [0.1, 0.15) is 39.6 Å². The molecule has 5 rings (SSSR count). The highest BCUT2D eigenvalue weighted by atomic mass is 32.1. The van der Waals surface area contributed by atoms with Crippen LogP contribution in [0.5, 0.6) is 0 Å². The van der Waals surface area contributed by atoms with E-state index in [1.807, 2.05) is 28.9 Å². The molecule has 3 heterocycles. The highest BCUT2D eigenvalue weighted by Gasteiger charge is 2.28. The fourth-order valence-electron chi connectivity index (χ4n) is 3.69. The maximum absolute atomic E-state index is 11.8. The number of anilines is 1. The molecule has 6 nitrogen and oxygen atoms in total. The number of benzene rings is 1. The zero-order valence-corrected chi connectivity index (χ0v) is 16.7. The molecule has 1 saturated carbocycles. The second-order valence-corrected chi connectivity index (χ2v) is 8.34. The lowest BCUT2D eigenvalue weighted by molar-refractivity contribution is 0.0999. The number of thiophene rings is 1. The van der Waals surface area contributed by atoms with Crippen molar-refractivity contribution in [2.75, 3.05) is 11.9 Å². The van der Waals surface area contributed by atoms with E-state index >= 15 is 0 Å². The minimum absolute atomic E-state index is 0.363. The Hall–Kier alpha value is -3.19. The lowest BCUT2D eigenvalue weighted by Crippen LogP contribution is -2.13. The number of aromatic nitrogens is 3. The molecule has 0 radical (unpaired) electrons. The molecule has 146 valence electrons. The monoisotopic (exact) mass is 403 g/mol. The van der Waals surface area contributed by atoms with E-state index in [4.69, 9.17) is 5.73 Å². The molecule has 1 aliphatic rings. The van der Waals surface area contributed by atoms with E-state index in [1.165, 1.54) is 4.88 Å². The van der Waals surface area contributed by atoms with Gasteiger partial charge in [0.15, 0.2) is 11.5 Å². The number of carbonyl (C=O) groups excluding carboxylic acids is 1. The molecule has 1 fully saturated rings. The van der Waals surface area contributed by atoms with Gasteiger partial charge in [-0.1, -0.05) is 12.1 Å². The number of hydrogen-bond donors (Lipinski definition) is 2. The number of primary amides is 1. The number of amides is 1. The fourth-order valence-corrected chi connectivity index (χ4v) is 4.40. The topological polar surface area (TPSA) is 85.3 Å². The number of nitrogens with zero attached hydrogens (tertiary/aromatic N) is 3. The highest BCUT2D eigenvalue weighted by Crippen LogP contribution is 2.43. The second-order valence-electron chi connectivity index (χ2n) is 7.31. The van der Waals surface area contributed by atoms with Crippen LogP contribution >= 0.6 is 11.3 Å². The number of hydrogen-bond acceptors (Lipinski definition) is 5. The van der Waals surface area contributed by atoms with Gasteiger partial charge >= 0.3 is 0 Å². The Morgan fingerprint density at radius 2 is 2.17 bits per heavy atom. The third-order valence-corrected chi connectivity index (χ3v) is 6.24. The molecule has 0 spiro atoms. The molecule has 1 aliphatic carbocycles. The SMILES string of the molecule is NC(=O)c1ccc(-c2cnc3c(NCCc4cccs4)nccn23)cc1C1CC1. The van der Waals surface area contributed by atoms with Gasteiger partial charge in [-0.3, -0.25) is 9.20 Å².